The van der Waals surface area contributed by atoms with Gasteiger partial charge in [0.15, 0.2) is 0 Å². The van der Waals surface area contributed by atoms with Crippen molar-refractivity contribution >= 4 is 29.3 Å². The number of piperazine rings is 1. The van der Waals surface area contributed by atoms with Gasteiger partial charge < -0.3 is 14.7 Å². The van der Waals surface area contributed by atoms with Gasteiger partial charge in [-0.15, -0.1) is 0 Å². The largest absolute Gasteiger partial charge is 0.508 e. The summed E-state index contributed by atoms with van der Waals surface area (Å²) in [6.45, 7) is 3.55. The fourth-order valence-electron chi connectivity index (χ4n) is 7.75. The monoisotopic (exact) mass is 674 g/mol. The van der Waals surface area contributed by atoms with Crippen LogP contribution in [0.15, 0.2) is 84.9 Å². The summed E-state index contributed by atoms with van der Waals surface area (Å²) in [6, 6.07) is 25.7. The lowest BCUT2D eigenvalue weighted by atomic mass is 9.76. The number of anilines is 1. The van der Waals surface area contributed by atoms with E-state index >= 15 is 4.39 Å². The topological polar surface area (TPSA) is 119 Å². The van der Waals surface area contributed by atoms with Crippen LogP contribution in [0.2, 0.25) is 0 Å². The number of nitrogens with zero attached hydrogens (tertiary/aromatic N) is 3. The smallest absolute Gasteiger partial charge is 0.262 e. The SMILES string of the molecule is O=C1CCC(N2C(=O)c3cc(F)c(CN4CCN(c5ccc([C@@H]6c7ccc(O)cc7OC[C@@H]6c6ccccc6)cc5)CC4)cc3C2=O)C(=O)N1. The lowest BCUT2D eigenvalue weighted by Crippen LogP contribution is -2.54. The number of carbonyl (C=O) groups is 4. The number of phenols is 1. The van der Waals surface area contributed by atoms with Gasteiger partial charge in [-0.2, -0.15) is 0 Å². The maximum absolute atomic E-state index is 15.3. The fourth-order valence-corrected chi connectivity index (χ4v) is 7.75. The van der Waals surface area contributed by atoms with Gasteiger partial charge in [0.2, 0.25) is 11.8 Å². The summed E-state index contributed by atoms with van der Waals surface area (Å²) in [4.78, 5) is 55.6. The summed E-state index contributed by atoms with van der Waals surface area (Å²) < 4.78 is 21.4. The molecule has 10 nitrogen and oxygen atoms in total. The Bertz CT molecular complexity index is 2010. The predicted molar refractivity (Wildman–Crippen MR) is 182 cm³/mol. The first-order valence-corrected chi connectivity index (χ1v) is 16.9. The Hall–Kier alpha value is -5.55. The first kappa shape index (κ1) is 31.7. The maximum atomic E-state index is 15.3. The number of amides is 4. The molecular weight excluding hydrogens is 639 g/mol. The van der Waals surface area contributed by atoms with Crippen LogP contribution >= 0.6 is 0 Å². The van der Waals surface area contributed by atoms with Crippen molar-refractivity contribution in [3.05, 3.63) is 124 Å². The number of rotatable bonds is 6. The minimum Gasteiger partial charge on any atom is -0.508 e. The van der Waals surface area contributed by atoms with Crippen molar-refractivity contribution in [3.63, 3.8) is 0 Å². The van der Waals surface area contributed by atoms with Gasteiger partial charge in [-0.05, 0) is 47.9 Å². The highest BCUT2D eigenvalue weighted by atomic mass is 19.1. The predicted octanol–water partition coefficient (Wildman–Crippen LogP) is 4.56. The van der Waals surface area contributed by atoms with Crippen LogP contribution in [0, 0.1) is 5.82 Å². The first-order valence-electron chi connectivity index (χ1n) is 16.9. The number of aromatic hydroxyl groups is 1. The number of benzene rings is 4. The molecule has 4 aliphatic heterocycles. The molecular formula is C39H35FN4O6. The summed E-state index contributed by atoms with van der Waals surface area (Å²) >= 11 is 0. The van der Waals surface area contributed by atoms with Crippen LogP contribution in [0.3, 0.4) is 0 Å². The summed E-state index contributed by atoms with van der Waals surface area (Å²) in [6.07, 6.45) is 0.0619. The number of ether oxygens (including phenoxy) is 1. The van der Waals surface area contributed by atoms with Crippen molar-refractivity contribution in [1.82, 2.24) is 15.1 Å². The van der Waals surface area contributed by atoms with Crippen LogP contribution in [0.1, 0.15) is 67.6 Å². The standard InChI is InChI=1S/C39H35FN4O6/c40-32-20-30-29(38(48)44(39(30)49)33-12-13-35(46)41-37(33)47)18-25(32)21-42-14-16-43(17-15-42)26-8-6-24(7-9-26)36-28-11-10-27(45)19-34(28)50-22-31(36)23-4-2-1-3-5-23/h1-11,18-20,31,33,36,45H,12-17,21-22H2,(H,41,46,47)/t31-,33?,36-/m1/s1. The molecule has 4 amide bonds. The molecule has 2 N–H and O–H groups in total. The molecule has 2 fully saturated rings. The average molecular weight is 675 g/mol. The molecule has 0 saturated carbocycles. The number of halogens is 1. The number of piperidine rings is 1. The molecule has 8 rings (SSSR count). The Balaban J connectivity index is 0.946. The molecule has 4 aromatic carbocycles. The van der Waals surface area contributed by atoms with Gasteiger partial charge in [0.05, 0.1) is 17.7 Å². The Morgan fingerprint density at radius 2 is 1.54 bits per heavy atom. The highest BCUT2D eigenvalue weighted by molar-refractivity contribution is 6.23. The third kappa shape index (κ3) is 5.67. The summed E-state index contributed by atoms with van der Waals surface area (Å²) in [7, 11) is 0. The quantitative estimate of drug-likeness (QED) is 0.286. The molecule has 0 aromatic heterocycles. The van der Waals surface area contributed by atoms with Crippen LogP contribution in [-0.2, 0) is 16.1 Å². The maximum Gasteiger partial charge on any atom is 0.262 e. The van der Waals surface area contributed by atoms with Gasteiger partial charge in [0.1, 0.15) is 23.4 Å². The van der Waals surface area contributed by atoms with Crippen molar-refractivity contribution in [2.45, 2.75) is 37.3 Å². The van der Waals surface area contributed by atoms with Crippen molar-refractivity contribution < 1.29 is 33.4 Å². The molecule has 50 heavy (non-hydrogen) atoms. The van der Waals surface area contributed by atoms with E-state index < -0.39 is 35.5 Å². The molecule has 4 heterocycles. The second-order valence-corrected chi connectivity index (χ2v) is 13.3. The second-order valence-electron chi connectivity index (χ2n) is 13.3. The molecule has 0 spiro atoms. The molecule has 254 valence electrons. The van der Waals surface area contributed by atoms with E-state index in [2.05, 4.69) is 51.5 Å². The highest BCUT2D eigenvalue weighted by Gasteiger charge is 2.45. The van der Waals surface area contributed by atoms with Crippen LogP contribution in [0.5, 0.6) is 11.5 Å². The second kappa shape index (κ2) is 12.7. The molecule has 0 radical (unpaired) electrons. The van der Waals surface area contributed by atoms with E-state index in [0.29, 0.717) is 31.0 Å². The van der Waals surface area contributed by atoms with Crippen LogP contribution < -0.4 is 15.0 Å². The van der Waals surface area contributed by atoms with Gasteiger partial charge in [0.25, 0.3) is 11.8 Å². The molecule has 11 heteroatoms. The van der Waals surface area contributed by atoms with E-state index in [1.807, 2.05) is 24.3 Å². The third-order valence-corrected chi connectivity index (χ3v) is 10.4. The lowest BCUT2D eigenvalue weighted by Gasteiger charge is -2.37. The number of hydrogen-bond acceptors (Lipinski definition) is 8. The van der Waals surface area contributed by atoms with Crippen molar-refractivity contribution in [1.29, 1.82) is 0 Å². The Labute approximate surface area is 288 Å². The zero-order chi connectivity index (χ0) is 34.5. The molecule has 4 aliphatic rings. The van der Waals surface area contributed by atoms with E-state index in [1.54, 1.807) is 12.1 Å². The molecule has 1 unspecified atom stereocenters. The minimum atomic E-state index is -1.10. The average Bonchev–Trinajstić information content (AvgIpc) is 3.36. The van der Waals surface area contributed by atoms with Crippen molar-refractivity contribution in [2.75, 3.05) is 37.7 Å². The molecule has 0 bridgehead atoms. The minimum absolute atomic E-state index is 0.0187. The van der Waals surface area contributed by atoms with Gasteiger partial charge in [-0.25, -0.2) is 4.39 Å². The fraction of sp³-hybridized carbons (Fsp3) is 0.282. The Morgan fingerprint density at radius 3 is 2.26 bits per heavy atom. The lowest BCUT2D eigenvalue weighted by molar-refractivity contribution is -0.136. The number of fused-ring (bicyclic) bond motifs is 2. The van der Waals surface area contributed by atoms with E-state index in [-0.39, 0.29) is 48.1 Å². The Morgan fingerprint density at radius 1 is 0.820 bits per heavy atom. The van der Waals surface area contributed by atoms with Crippen LogP contribution in [-0.4, -0.2) is 77.4 Å². The van der Waals surface area contributed by atoms with E-state index in [1.165, 1.54) is 11.6 Å². The summed E-state index contributed by atoms with van der Waals surface area (Å²) in [5, 5.41) is 12.3. The van der Waals surface area contributed by atoms with Gasteiger partial charge in [0, 0.05) is 73.9 Å². The van der Waals surface area contributed by atoms with Crippen LogP contribution in [0.4, 0.5) is 10.1 Å². The molecule has 0 aliphatic carbocycles. The van der Waals surface area contributed by atoms with E-state index in [0.717, 1.165) is 40.9 Å². The Kier molecular flexibility index (Phi) is 8.07. The van der Waals surface area contributed by atoms with E-state index in [4.69, 9.17) is 4.74 Å². The first-order chi connectivity index (χ1) is 24.2. The molecule has 2 saturated heterocycles. The van der Waals surface area contributed by atoms with Gasteiger partial charge in [-0.1, -0.05) is 48.5 Å². The summed E-state index contributed by atoms with van der Waals surface area (Å²) in [5.41, 5.74) is 4.80. The number of imide groups is 2. The highest BCUT2D eigenvalue weighted by Crippen LogP contribution is 2.47. The van der Waals surface area contributed by atoms with Gasteiger partial charge in [-0.3, -0.25) is 34.3 Å². The van der Waals surface area contributed by atoms with E-state index in [9.17, 15) is 24.3 Å². The van der Waals surface area contributed by atoms with Crippen molar-refractivity contribution in [3.8, 4) is 11.5 Å². The normalized spacial score (nSPS) is 22.2. The number of carbonyl (C=O) groups excluding carboxylic acids is 4. The summed E-state index contributed by atoms with van der Waals surface area (Å²) in [5.74, 6) is -2.06. The molecule has 3 atom stereocenters. The van der Waals surface area contributed by atoms with Crippen molar-refractivity contribution in [2.24, 2.45) is 0 Å². The third-order valence-electron chi connectivity index (χ3n) is 10.4. The molecule has 4 aromatic rings. The number of nitrogens with one attached hydrogen (secondary N) is 1. The number of hydrogen-bond donors (Lipinski definition) is 2. The number of phenolic OH excluding ortho intramolecular Hbond substituents is 1. The van der Waals surface area contributed by atoms with Crippen LogP contribution in [0.25, 0.3) is 0 Å². The zero-order valence-electron chi connectivity index (χ0n) is 27.2. The zero-order valence-corrected chi connectivity index (χ0v) is 27.2. The van der Waals surface area contributed by atoms with Gasteiger partial charge >= 0.3 is 0 Å².